The molecule has 0 heterocycles. The molecule has 1 aliphatic carbocycles. The van der Waals surface area contributed by atoms with Crippen molar-refractivity contribution < 1.29 is 13.2 Å². The van der Waals surface area contributed by atoms with Crippen molar-refractivity contribution >= 4 is 17.3 Å². The highest BCUT2D eigenvalue weighted by molar-refractivity contribution is 6.33. The van der Waals surface area contributed by atoms with Crippen LogP contribution in [0.4, 0.5) is 18.9 Å². The third-order valence-corrected chi connectivity index (χ3v) is 3.95. The molecule has 1 nitrogen and oxygen atoms in total. The summed E-state index contributed by atoms with van der Waals surface area (Å²) < 4.78 is 38.9. The van der Waals surface area contributed by atoms with Gasteiger partial charge in [0.25, 0.3) is 0 Å². The molecule has 2 rings (SSSR count). The van der Waals surface area contributed by atoms with Gasteiger partial charge in [-0.2, -0.15) is 13.2 Å². The molecule has 19 heavy (non-hydrogen) atoms. The highest BCUT2D eigenvalue weighted by atomic mass is 35.5. The second kappa shape index (κ2) is 4.89. The van der Waals surface area contributed by atoms with Crippen molar-refractivity contribution in [2.75, 3.05) is 5.32 Å². The van der Waals surface area contributed by atoms with Crippen molar-refractivity contribution in [3.8, 4) is 0 Å². The van der Waals surface area contributed by atoms with Gasteiger partial charge in [-0.25, -0.2) is 0 Å². The molecule has 0 aromatic heterocycles. The highest BCUT2D eigenvalue weighted by Gasteiger charge is 2.36. The fraction of sp³-hybridized carbons (Fsp3) is 0.571. The molecule has 0 bridgehead atoms. The van der Waals surface area contributed by atoms with Crippen LogP contribution in [0.3, 0.4) is 0 Å². The third kappa shape index (κ3) is 3.35. The van der Waals surface area contributed by atoms with Crippen molar-refractivity contribution in [1.82, 2.24) is 0 Å². The van der Waals surface area contributed by atoms with E-state index in [0.29, 0.717) is 0 Å². The van der Waals surface area contributed by atoms with Crippen LogP contribution >= 0.6 is 11.6 Å². The Morgan fingerprint density at radius 2 is 2.00 bits per heavy atom. The molecule has 1 aliphatic rings. The summed E-state index contributed by atoms with van der Waals surface area (Å²) in [5.74, 6) is 0. The van der Waals surface area contributed by atoms with Crippen molar-refractivity contribution in [2.45, 2.75) is 45.3 Å². The number of benzene rings is 1. The van der Waals surface area contributed by atoms with Crippen LogP contribution in [-0.4, -0.2) is 6.04 Å². The van der Waals surface area contributed by atoms with Gasteiger partial charge in [-0.05, 0) is 36.8 Å². The Balaban J connectivity index is 2.25. The van der Waals surface area contributed by atoms with Gasteiger partial charge in [-0.15, -0.1) is 0 Å². The Bertz CT molecular complexity index is 468. The summed E-state index contributed by atoms with van der Waals surface area (Å²) in [6, 6.07) is 3.93. The first-order chi connectivity index (χ1) is 8.69. The number of hydrogen-bond donors (Lipinski definition) is 1. The van der Waals surface area contributed by atoms with Crippen LogP contribution in [0.15, 0.2) is 18.2 Å². The van der Waals surface area contributed by atoms with E-state index in [9.17, 15) is 13.2 Å². The average molecular weight is 292 g/mol. The second-order valence-electron chi connectivity index (χ2n) is 5.91. The summed E-state index contributed by atoms with van der Waals surface area (Å²) in [5.41, 5.74) is -0.499. The van der Waals surface area contributed by atoms with Crippen LogP contribution in [0.1, 0.15) is 38.7 Å². The number of halogens is 4. The molecular weight excluding hydrogens is 275 g/mol. The van der Waals surface area contributed by atoms with Crippen LogP contribution in [0.5, 0.6) is 0 Å². The number of alkyl halides is 3. The largest absolute Gasteiger partial charge is 0.418 e. The molecule has 0 spiro atoms. The van der Waals surface area contributed by atoms with E-state index in [1.165, 1.54) is 12.1 Å². The second-order valence-corrected chi connectivity index (χ2v) is 6.32. The summed E-state index contributed by atoms with van der Waals surface area (Å²) in [4.78, 5) is 0. The van der Waals surface area contributed by atoms with Gasteiger partial charge in [-0.1, -0.05) is 31.5 Å². The lowest BCUT2D eigenvalue weighted by Crippen LogP contribution is -2.20. The summed E-state index contributed by atoms with van der Waals surface area (Å²) in [6.45, 7) is 4.26. The number of rotatable bonds is 2. The van der Waals surface area contributed by atoms with Crippen molar-refractivity contribution in [3.05, 3.63) is 28.8 Å². The molecule has 1 aromatic rings. The Morgan fingerprint density at radius 3 is 2.53 bits per heavy atom. The van der Waals surface area contributed by atoms with Gasteiger partial charge in [0, 0.05) is 6.04 Å². The van der Waals surface area contributed by atoms with Crippen molar-refractivity contribution in [2.24, 2.45) is 5.41 Å². The summed E-state index contributed by atoms with van der Waals surface area (Å²) in [6.07, 6.45) is -1.65. The molecule has 0 radical (unpaired) electrons. The average Bonchev–Trinajstić information content (AvgIpc) is 2.59. The van der Waals surface area contributed by atoms with Crippen LogP contribution in [-0.2, 0) is 6.18 Å². The van der Waals surface area contributed by atoms with E-state index >= 15 is 0 Å². The summed E-state index contributed by atoms with van der Waals surface area (Å²) >= 11 is 5.92. The standard InChI is InChI=1S/C14H17ClF3N/c1-13(2)7-6-9(8-13)19-12-10(14(16,17)18)4-3-5-11(12)15/h3-5,9,19H,6-8H2,1-2H3. The number of nitrogens with one attached hydrogen (secondary N) is 1. The van der Waals surface area contributed by atoms with Gasteiger partial charge in [0.05, 0.1) is 16.3 Å². The van der Waals surface area contributed by atoms with E-state index in [2.05, 4.69) is 19.2 Å². The number of anilines is 1. The van der Waals surface area contributed by atoms with Crippen LogP contribution in [0.2, 0.25) is 5.02 Å². The SMILES string of the molecule is CC1(C)CCC(Nc2c(Cl)cccc2C(F)(F)F)C1. The molecule has 1 saturated carbocycles. The molecular formula is C14H17ClF3N. The molecule has 106 valence electrons. The molecule has 1 atom stereocenters. The van der Waals surface area contributed by atoms with Crippen LogP contribution < -0.4 is 5.32 Å². The van der Waals surface area contributed by atoms with E-state index in [1.807, 2.05) is 0 Å². The van der Waals surface area contributed by atoms with E-state index in [0.717, 1.165) is 25.3 Å². The predicted octanol–water partition coefficient (Wildman–Crippen LogP) is 5.35. The molecule has 0 amide bonds. The van der Waals surface area contributed by atoms with Crippen molar-refractivity contribution in [3.63, 3.8) is 0 Å². The lowest BCUT2D eigenvalue weighted by molar-refractivity contribution is -0.137. The van der Waals surface area contributed by atoms with Gasteiger partial charge in [0.2, 0.25) is 0 Å². The smallest absolute Gasteiger partial charge is 0.381 e. The Kier molecular flexibility index (Phi) is 3.74. The molecule has 1 unspecified atom stereocenters. The predicted molar refractivity (Wildman–Crippen MR) is 71.5 cm³/mol. The van der Waals surface area contributed by atoms with Gasteiger partial charge >= 0.3 is 6.18 Å². The normalized spacial score (nSPS) is 22.5. The zero-order chi connectivity index (χ0) is 14.3. The van der Waals surface area contributed by atoms with E-state index in [1.54, 1.807) is 0 Å². The maximum absolute atomic E-state index is 13.0. The molecule has 1 fully saturated rings. The first-order valence-corrected chi connectivity index (χ1v) is 6.69. The minimum Gasteiger partial charge on any atom is -0.381 e. The first-order valence-electron chi connectivity index (χ1n) is 6.31. The van der Waals surface area contributed by atoms with E-state index in [-0.39, 0.29) is 22.2 Å². The molecule has 0 saturated heterocycles. The zero-order valence-electron chi connectivity index (χ0n) is 10.9. The third-order valence-electron chi connectivity index (χ3n) is 3.64. The van der Waals surface area contributed by atoms with Gasteiger partial charge in [0.15, 0.2) is 0 Å². The molecule has 1 aromatic carbocycles. The Labute approximate surface area is 116 Å². The van der Waals surface area contributed by atoms with Crippen LogP contribution in [0, 0.1) is 5.41 Å². The monoisotopic (exact) mass is 291 g/mol. The van der Waals surface area contributed by atoms with E-state index < -0.39 is 11.7 Å². The lowest BCUT2D eigenvalue weighted by atomic mass is 9.92. The topological polar surface area (TPSA) is 12.0 Å². The van der Waals surface area contributed by atoms with Crippen LogP contribution in [0.25, 0.3) is 0 Å². The van der Waals surface area contributed by atoms with E-state index in [4.69, 9.17) is 11.6 Å². The minimum absolute atomic E-state index is 0.0133. The zero-order valence-corrected chi connectivity index (χ0v) is 11.7. The van der Waals surface area contributed by atoms with Gasteiger partial charge in [0.1, 0.15) is 0 Å². The number of hydrogen-bond acceptors (Lipinski definition) is 1. The number of para-hydroxylation sites is 1. The minimum atomic E-state index is -4.39. The van der Waals surface area contributed by atoms with Gasteiger partial charge in [-0.3, -0.25) is 0 Å². The van der Waals surface area contributed by atoms with Gasteiger partial charge < -0.3 is 5.32 Å². The molecule has 1 N–H and O–H groups in total. The fourth-order valence-electron chi connectivity index (χ4n) is 2.67. The summed E-state index contributed by atoms with van der Waals surface area (Å²) in [5, 5.41) is 3.11. The maximum Gasteiger partial charge on any atom is 0.418 e. The molecule has 5 heteroatoms. The Hall–Kier alpha value is -0.900. The summed E-state index contributed by atoms with van der Waals surface area (Å²) in [7, 11) is 0. The first kappa shape index (κ1) is 14.5. The fourth-order valence-corrected chi connectivity index (χ4v) is 2.90. The lowest BCUT2D eigenvalue weighted by Gasteiger charge is -2.21. The highest BCUT2D eigenvalue weighted by Crippen LogP contribution is 2.42. The Morgan fingerprint density at radius 1 is 1.32 bits per heavy atom. The maximum atomic E-state index is 13.0. The quantitative estimate of drug-likeness (QED) is 0.774. The van der Waals surface area contributed by atoms with Crippen molar-refractivity contribution in [1.29, 1.82) is 0 Å². The molecule has 0 aliphatic heterocycles.